The van der Waals surface area contributed by atoms with E-state index in [9.17, 15) is 9.59 Å². The highest BCUT2D eigenvalue weighted by molar-refractivity contribution is 6.31. The fraction of sp³-hybridized carbons (Fsp3) is 0.263. The smallest absolute Gasteiger partial charge is 0.319 e. The minimum Gasteiger partial charge on any atom is -0.496 e. The van der Waals surface area contributed by atoms with Gasteiger partial charge in [0.05, 0.1) is 12.7 Å². The summed E-state index contributed by atoms with van der Waals surface area (Å²) in [5.74, 6) is 0.186. The molecule has 0 radical (unpaired) electrons. The van der Waals surface area contributed by atoms with Crippen LogP contribution in [-0.2, 0) is 6.54 Å². The third kappa shape index (κ3) is 5.67. The normalized spacial score (nSPS) is 10.3. The number of carbonyl (C=O) groups excluding carboxylic acids is 2. The Hall–Kier alpha value is -2.73. The number of halogens is 1. The Morgan fingerprint density at radius 2 is 1.81 bits per heavy atom. The van der Waals surface area contributed by atoms with Crippen molar-refractivity contribution < 1.29 is 14.3 Å². The Morgan fingerprint density at radius 3 is 2.42 bits per heavy atom. The summed E-state index contributed by atoms with van der Waals surface area (Å²) in [4.78, 5) is 24.0. The van der Waals surface area contributed by atoms with Crippen LogP contribution in [-0.4, -0.2) is 25.1 Å². The van der Waals surface area contributed by atoms with Crippen LogP contribution in [0.15, 0.2) is 42.5 Å². The number of hydrogen-bond acceptors (Lipinski definition) is 3. The zero-order valence-electron chi connectivity index (χ0n) is 14.9. The number of amides is 3. The molecule has 0 unspecified atom stereocenters. The lowest BCUT2D eigenvalue weighted by Gasteiger charge is -2.11. The third-order valence-corrected chi connectivity index (χ3v) is 3.73. The van der Waals surface area contributed by atoms with Crippen molar-refractivity contribution in [1.29, 1.82) is 0 Å². The molecule has 0 heterocycles. The van der Waals surface area contributed by atoms with Crippen LogP contribution in [0.1, 0.15) is 29.8 Å². The van der Waals surface area contributed by atoms with Gasteiger partial charge >= 0.3 is 6.03 Å². The van der Waals surface area contributed by atoms with E-state index in [4.69, 9.17) is 16.3 Å². The fourth-order valence-corrected chi connectivity index (χ4v) is 2.44. The van der Waals surface area contributed by atoms with Crippen LogP contribution in [0, 0.1) is 0 Å². The van der Waals surface area contributed by atoms with Crippen molar-refractivity contribution in [3.05, 3.63) is 58.6 Å². The summed E-state index contributed by atoms with van der Waals surface area (Å²) in [6, 6.07) is 11.9. The molecule has 6 nitrogen and oxygen atoms in total. The summed E-state index contributed by atoms with van der Waals surface area (Å²) in [7, 11) is 1.50. The minimum atomic E-state index is -0.275. The monoisotopic (exact) mass is 375 g/mol. The summed E-state index contributed by atoms with van der Waals surface area (Å²) < 4.78 is 5.19. The summed E-state index contributed by atoms with van der Waals surface area (Å²) in [6.07, 6.45) is 0. The van der Waals surface area contributed by atoms with Crippen LogP contribution >= 0.6 is 11.6 Å². The molecular weight excluding hydrogens is 354 g/mol. The molecule has 0 saturated carbocycles. The van der Waals surface area contributed by atoms with Crippen LogP contribution in [0.5, 0.6) is 5.75 Å². The number of nitrogens with one attached hydrogen (secondary N) is 3. The van der Waals surface area contributed by atoms with Crippen LogP contribution in [0.2, 0.25) is 5.02 Å². The van der Waals surface area contributed by atoms with Gasteiger partial charge in [0.2, 0.25) is 0 Å². The van der Waals surface area contributed by atoms with Gasteiger partial charge in [-0.3, -0.25) is 4.79 Å². The van der Waals surface area contributed by atoms with Gasteiger partial charge in [-0.25, -0.2) is 4.79 Å². The van der Waals surface area contributed by atoms with Crippen LogP contribution in [0.3, 0.4) is 0 Å². The number of benzene rings is 2. The van der Waals surface area contributed by atoms with Crippen LogP contribution < -0.4 is 20.7 Å². The second-order valence-corrected chi connectivity index (χ2v) is 6.41. The second-order valence-electron chi connectivity index (χ2n) is 5.98. The Bertz CT molecular complexity index is 776. The van der Waals surface area contributed by atoms with Gasteiger partial charge in [0.1, 0.15) is 5.75 Å². The maximum absolute atomic E-state index is 12.3. The number of hydrogen-bond donors (Lipinski definition) is 3. The van der Waals surface area contributed by atoms with Crippen molar-refractivity contribution in [3.63, 3.8) is 0 Å². The first-order valence-corrected chi connectivity index (χ1v) is 8.55. The first-order chi connectivity index (χ1) is 12.4. The molecule has 2 rings (SSSR count). The Morgan fingerprint density at radius 1 is 1.12 bits per heavy atom. The van der Waals surface area contributed by atoms with E-state index in [0.29, 0.717) is 28.6 Å². The molecule has 0 saturated heterocycles. The topological polar surface area (TPSA) is 79.5 Å². The molecule has 0 fully saturated rings. The molecule has 2 aromatic carbocycles. The van der Waals surface area contributed by atoms with E-state index in [1.165, 1.54) is 7.11 Å². The van der Waals surface area contributed by atoms with E-state index >= 15 is 0 Å². The van der Waals surface area contributed by atoms with E-state index in [0.717, 1.165) is 5.56 Å². The third-order valence-electron chi connectivity index (χ3n) is 3.49. The second kappa shape index (κ2) is 9.10. The maximum Gasteiger partial charge on any atom is 0.319 e. The lowest BCUT2D eigenvalue weighted by atomic mass is 10.1. The van der Waals surface area contributed by atoms with E-state index in [-0.39, 0.29) is 18.0 Å². The molecule has 3 amide bonds. The highest BCUT2D eigenvalue weighted by Crippen LogP contribution is 2.22. The average molecular weight is 376 g/mol. The number of rotatable bonds is 6. The van der Waals surface area contributed by atoms with E-state index in [2.05, 4.69) is 16.0 Å². The lowest BCUT2D eigenvalue weighted by molar-refractivity contribution is 0.0948. The lowest BCUT2D eigenvalue weighted by Crippen LogP contribution is -2.34. The molecule has 7 heteroatoms. The molecule has 0 aliphatic heterocycles. The standard InChI is InChI=1S/C19H22ClN3O3/c1-12(2)22-19(25)23-15-7-4-13(5-8-15)11-21-18(24)16-10-14(20)6-9-17(16)26-3/h4-10,12H,11H2,1-3H3,(H,21,24)(H2,22,23,25). The van der Waals surface area contributed by atoms with Crippen molar-refractivity contribution in [1.82, 2.24) is 10.6 Å². The van der Waals surface area contributed by atoms with Gasteiger partial charge in [-0.05, 0) is 49.7 Å². The predicted molar refractivity (Wildman–Crippen MR) is 103 cm³/mol. The highest BCUT2D eigenvalue weighted by atomic mass is 35.5. The van der Waals surface area contributed by atoms with Crippen LogP contribution in [0.4, 0.5) is 10.5 Å². The Balaban J connectivity index is 1.94. The number of carbonyl (C=O) groups is 2. The molecule has 0 aliphatic carbocycles. The van der Waals surface area contributed by atoms with Gasteiger partial charge in [0, 0.05) is 23.3 Å². The predicted octanol–water partition coefficient (Wildman–Crippen LogP) is 3.81. The van der Waals surface area contributed by atoms with Crippen molar-refractivity contribution >= 4 is 29.2 Å². The summed E-state index contributed by atoms with van der Waals surface area (Å²) in [5.41, 5.74) is 1.95. The first-order valence-electron chi connectivity index (χ1n) is 8.17. The van der Waals surface area contributed by atoms with Gasteiger partial charge in [0.15, 0.2) is 0 Å². The molecule has 0 spiro atoms. The average Bonchev–Trinajstić information content (AvgIpc) is 2.60. The van der Waals surface area contributed by atoms with Gasteiger partial charge in [0.25, 0.3) is 5.91 Å². The minimum absolute atomic E-state index is 0.0629. The van der Waals surface area contributed by atoms with Gasteiger partial charge < -0.3 is 20.7 Å². The van der Waals surface area contributed by atoms with Crippen molar-refractivity contribution in [3.8, 4) is 5.75 Å². The number of ether oxygens (including phenoxy) is 1. The fourth-order valence-electron chi connectivity index (χ4n) is 2.27. The molecule has 3 N–H and O–H groups in total. The van der Waals surface area contributed by atoms with Crippen LogP contribution in [0.25, 0.3) is 0 Å². The van der Waals surface area contributed by atoms with E-state index in [1.807, 2.05) is 26.0 Å². The Labute approximate surface area is 157 Å². The molecule has 0 aromatic heterocycles. The maximum atomic E-state index is 12.3. The van der Waals surface area contributed by atoms with E-state index < -0.39 is 0 Å². The highest BCUT2D eigenvalue weighted by Gasteiger charge is 2.12. The molecule has 0 bridgehead atoms. The van der Waals surface area contributed by atoms with Crippen molar-refractivity contribution in [2.45, 2.75) is 26.4 Å². The molecule has 2 aromatic rings. The van der Waals surface area contributed by atoms with Crippen molar-refractivity contribution in [2.24, 2.45) is 0 Å². The number of methoxy groups -OCH3 is 1. The zero-order chi connectivity index (χ0) is 19.1. The van der Waals surface area contributed by atoms with Gasteiger partial charge in [-0.1, -0.05) is 23.7 Å². The SMILES string of the molecule is COc1ccc(Cl)cc1C(=O)NCc1ccc(NC(=O)NC(C)C)cc1. The summed E-state index contributed by atoms with van der Waals surface area (Å²) >= 11 is 5.95. The molecule has 26 heavy (non-hydrogen) atoms. The Kier molecular flexibility index (Phi) is 6.86. The largest absolute Gasteiger partial charge is 0.496 e. The number of anilines is 1. The van der Waals surface area contributed by atoms with E-state index in [1.54, 1.807) is 30.3 Å². The number of urea groups is 1. The molecule has 0 aliphatic rings. The van der Waals surface area contributed by atoms with Gasteiger partial charge in [-0.15, -0.1) is 0 Å². The summed E-state index contributed by atoms with van der Waals surface area (Å²) in [5, 5.41) is 8.78. The van der Waals surface area contributed by atoms with Crippen molar-refractivity contribution in [2.75, 3.05) is 12.4 Å². The molecule has 0 atom stereocenters. The first kappa shape index (κ1) is 19.6. The molecule has 138 valence electrons. The quantitative estimate of drug-likeness (QED) is 0.718. The molecular formula is C19H22ClN3O3. The van der Waals surface area contributed by atoms with Gasteiger partial charge in [-0.2, -0.15) is 0 Å². The summed E-state index contributed by atoms with van der Waals surface area (Å²) in [6.45, 7) is 4.12. The zero-order valence-corrected chi connectivity index (χ0v) is 15.7.